The molecule has 0 fully saturated rings. The number of rotatable bonds is 3. The van der Waals surface area contributed by atoms with Crippen molar-refractivity contribution >= 4 is 0 Å². The quantitative estimate of drug-likeness (QED) is 0.934. The first kappa shape index (κ1) is 13.3. The number of hydrogen-bond donors (Lipinski definition) is 1. The minimum absolute atomic E-state index is 0.131. The molecule has 2 rings (SSSR count). The monoisotopic (exact) mass is 273 g/mol. The van der Waals surface area contributed by atoms with Gasteiger partial charge in [-0.05, 0) is 24.1 Å². The fraction of sp³-hybridized carbons (Fsp3) is 0.250. The molecule has 0 radical (unpaired) electrons. The van der Waals surface area contributed by atoms with Crippen LogP contribution in [0.1, 0.15) is 11.1 Å². The minimum atomic E-state index is -4.36. The molecule has 2 aromatic rings. The van der Waals surface area contributed by atoms with Crippen LogP contribution in [0.25, 0.3) is 0 Å². The molecule has 0 amide bonds. The Hall–Kier alpha value is -2.18. The molecule has 0 spiro atoms. The Bertz CT molecular complexity index is 610. The standard InChI is InChI=1S/C12H10F3NO3/c13-12(14,15)9-3-1-8(2-4-9)5-6-16-10(17)7-19-11(16)18/h1-4,7,17H,5-6H2. The van der Waals surface area contributed by atoms with Crippen molar-refractivity contribution in [1.82, 2.24) is 4.57 Å². The molecule has 19 heavy (non-hydrogen) atoms. The molecule has 4 nitrogen and oxygen atoms in total. The molecule has 1 N–H and O–H groups in total. The smallest absolute Gasteiger partial charge is 0.421 e. The molecule has 0 bridgehead atoms. The van der Waals surface area contributed by atoms with E-state index < -0.39 is 17.5 Å². The van der Waals surface area contributed by atoms with Gasteiger partial charge in [-0.15, -0.1) is 0 Å². The average Bonchev–Trinajstić information content (AvgIpc) is 2.66. The average molecular weight is 273 g/mol. The molecule has 0 saturated carbocycles. The molecule has 0 atom stereocenters. The lowest BCUT2D eigenvalue weighted by molar-refractivity contribution is -0.137. The number of aryl methyl sites for hydroxylation is 1. The first-order valence-corrected chi connectivity index (χ1v) is 5.41. The summed E-state index contributed by atoms with van der Waals surface area (Å²) in [5.41, 5.74) is -0.0972. The van der Waals surface area contributed by atoms with Crippen molar-refractivity contribution in [2.45, 2.75) is 19.1 Å². The van der Waals surface area contributed by atoms with Crippen LogP contribution in [-0.4, -0.2) is 9.67 Å². The van der Waals surface area contributed by atoms with Gasteiger partial charge in [-0.2, -0.15) is 13.2 Å². The molecule has 0 aliphatic heterocycles. The van der Waals surface area contributed by atoms with Crippen LogP contribution in [0.5, 0.6) is 5.88 Å². The summed E-state index contributed by atoms with van der Waals surface area (Å²) in [5, 5.41) is 9.28. The minimum Gasteiger partial charge on any atom is -0.492 e. The molecule has 0 aliphatic rings. The molecule has 102 valence electrons. The second-order valence-corrected chi connectivity index (χ2v) is 3.96. The van der Waals surface area contributed by atoms with Gasteiger partial charge in [-0.3, -0.25) is 0 Å². The lowest BCUT2D eigenvalue weighted by Gasteiger charge is -2.07. The van der Waals surface area contributed by atoms with Gasteiger partial charge in [-0.1, -0.05) is 12.1 Å². The van der Waals surface area contributed by atoms with E-state index in [9.17, 15) is 23.1 Å². The second kappa shape index (κ2) is 4.83. The van der Waals surface area contributed by atoms with E-state index in [0.29, 0.717) is 12.0 Å². The summed E-state index contributed by atoms with van der Waals surface area (Å²) in [6, 6.07) is 4.64. The third kappa shape index (κ3) is 2.98. The van der Waals surface area contributed by atoms with E-state index in [2.05, 4.69) is 4.42 Å². The molecule has 1 heterocycles. The predicted molar refractivity (Wildman–Crippen MR) is 59.8 cm³/mol. The Morgan fingerprint density at radius 1 is 1.21 bits per heavy atom. The summed E-state index contributed by atoms with van der Waals surface area (Å²) in [4.78, 5) is 11.1. The summed E-state index contributed by atoms with van der Waals surface area (Å²) >= 11 is 0. The summed E-state index contributed by atoms with van der Waals surface area (Å²) < 4.78 is 42.5. The fourth-order valence-corrected chi connectivity index (χ4v) is 1.63. The topological polar surface area (TPSA) is 55.4 Å². The zero-order chi connectivity index (χ0) is 14.0. The van der Waals surface area contributed by atoms with Gasteiger partial charge in [0.05, 0.1) is 5.56 Å². The van der Waals surface area contributed by atoms with Crippen LogP contribution >= 0.6 is 0 Å². The van der Waals surface area contributed by atoms with Crippen molar-refractivity contribution in [1.29, 1.82) is 0 Å². The SMILES string of the molecule is O=c1occ(O)n1CCc1ccc(C(F)(F)F)cc1. The van der Waals surface area contributed by atoms with Crippen molar-refractivity contribution in [2.75, 3.05) is 0 Å². The van der Waals surface area contributed by atoms with Crippen LogP contribution in [0, 0.1) is 0 Å². The van der Waals surface area contributed by atoms with Crippen LogP contribution in [0.3, 0.4) is 0 Å². The van der Waals surface area contributed by atoms with Crippen LogP contribution in [0.4, 0.5) is 13.2 Å². The molecule has 1 aromatic carbocycles. The summed E-state index contributed by atoms with van der Waals surface area (Å²) in [5.74, 6) is -1.01. The van der Waals surface area contributed by atoms with Crippen LogP contribution in [0.15, 0.2) is 39.7 Å². The number of oxazole rings is 1. The summed E-state index contributed by atoms with van der Waals surface area (Å²) in [6.07, 6.45) is -3.14. The zero-order valence-electron chi connectivity index (χ0n) is 9.65. The van der Waals surface area contributed by atoms with Gasteiger partial charge < -0.3 is 9.52 Å². The van der Waals surface area contributed by atoms with Gasteiger partial charge in [0.1, 0.15) is 0 Å². The number of nitrogens with zero attached hydrogens (tertiary/aromatic N) is 1. The number of benzene rings is 1. The van der Waals surface area contributed by atoms with Gasteiger partial charge in [0, 0.05) is 6.54 Å². The highest BCUT2D eigenvalue weighted by Gasteiger charge is 2.29. The van der Waals surface area contributed by atoms with E-state index in [1.807, 2.05) is 0 Å². The third-order valence-corrected chi connectivity index (χ3v) is 2.67. The maximum absolute atomic E-state index is 12.3. The molecule has 0 unspecified atom stereocenters. The first-order valence-electron chi connectivity index (χ1n) is 5.41. The van der Waals surface area contributed by atoms with E-state index in [4.69, 9.17) is 0 Å². The first-order chi connectivity index (χ1) is 8.88. The Labute approximate surface area is 105 Å². The number of aromatic hydroxyl groups is 1. The van der Waals surface area contributed by atoms with Gasteiger partial charge >= 0.3 is 11.9 Å². The van der Waals surface area contributed by atoms with E-state index in [0.717, 1.165) is 23.0 Å². The lowest BCUT2D eigenvalue weighted by Crippen LogP contribution is -2.15. The Kier molecular flexibility index (Phi) is 3.37. The van der Waals surface area contributed by atoms with Crippen molar-refractivity contribution in [2.24, 2.45) is 0 Å². The normalized spacial score (nSPS) is 11.7. The van der Waals surface area contributed by atoms with Crippen LogP contribution < -0.4 is 5.76 Å². The lowest BCUT2D eigenvalue weighted by atomic mass is 10.1. The van der Waals surface area contributed by atoms with E-state index in [-0.39, 0.29) is 12.4 Å². The maximum Gasteiger partial charge on any atom is 0.421 e. The van der Waals surface area contributed by atoms with E-state index in [1.54, 1.807) is 0 Å². The van der Waals surface area contributed by atoms with Crippen LogP contribution in [0.2, 0.25) is 0 Å². The largest absolute Gasteiger partial charge is 0.492 e. The summed E-state index contributed by atoms with van der Waals surface area (Å²) in [6.45, 7) is 0.131. The van der Waals surface area contributed by atoms with Gasteiger partial charge in [0.25, 0.3) is 0 Å². The van der Waals surface area contributed by atoms with Crippen molar-refractivity contribution < 1.29 is 22.7 Å². The molecule has 1 aromatic heterocycles. The summed E-state index contributed by atoms with van der Waals surface area (Å²) in [7, 11) is 0. The Morgan fingerprint density at radius 2 is 1.84 bits per heavy atom. The molecule has 0 saturated heterocycles. The Morgan fingerprint density at radius 3 is 2.32 bits per heavy atom. The van der Waals surface area contributed by atoms with Crippen LogP contribution in [-0.2, 0) is 19.1 Å². The molecule has 7 heteroatoms. The third-order valence-electron chi connectivity index (χ3n) is 2.67. The Balaban J connectivity index is 2.07. The predicted octanol–water partition coefficient (Wildman–Crippen LogP) is 2.41. The highest BCUT2D eigenvalue weighted by molar-refractivity contribution is 5.24. The number of halogens is 3. The zero-order valence-corrected chi connectivity index (χ0v) is 9.65. The van der Waals surface area contributed by atoms with Gasteiger partial charge in [0.15, 0.2) is 6.26 Å². The van der Waals surface area contributed by atoms with Gasteiger partial charge in [-0.25, -0.2) is 9.36 Å². The second-order valence-electron chi connectivity index (χ2n) is 3.96. The molecular weight excluding hydrogens is 263 g/mol. The highest BCUT2D eigenvalue weighted by Crippen LogP contribution is 2.29. The molecule has 0 aliphatic carbocycles. The number of alkyl halides is 3. The van der Waals surface area contributed by atoms with Crippen molar-refractivity contribution in [3.05, 3.63) is 52.2 Å². The number of aromatic nitrogens is 1. The number of hydrogen-bond acceptors (Lipinski definition) is 3. The molecular formula is C12H10F3NO3. The van der Waals surface area contributed by atoms with E-state index in [1.165, 1.54) is 12.1 Å². The maximum atomic E-state index is 12.3. The van der Waals surface area contributed by atoms with Crippen molar-refractivity contribution in [3.8, 4) is 5.88 Å². The van der Waals surface area contributed by atoms with E-state index >= 15 is 0 Å². The van der Waals surface area contributed by atoms with Crippen molar-refractivity contribution in [3.63, 3.8) is 0 Å². The van der Waals surface area contributed by atoms with Gasteiger partial charge in [0.2, 0.25) is 5.88 Å². The fourth-order valence-electron chi connectivity index (χ4n) is 1.63. The highest BCUT2D eigenvalue weighted by atomic mass is 19.4.